The molecule has 0 aromatic heterocycles. The van der Waals surface area contributed by atoms with Gasteiger partial charge in [0.2, 0.25) is 5.91 Å². The molecule has 0 spiro atoms. The Morgan fingerprint density at radius 3 is 2.32 bits per heavy atom. The molecular weight excluding hydrogens is 436 g/mol. The molecule has 0 radical (unpaired) electrons. The first-order chi connectivity index (χ1) is 16.5. The Balaban J connectivity index is 1.31. The molecule has 2 aliphatic rings. The lowest BCUT2D eigenvalue weighted by Gasteiger charge is -2.20. The zero-order valence-electron chi connectivity index (χ0n) is 18.7. The van der Waals surface area contributed by atoms with Crippen LogP contribution in [0, 0.1) is 0 Å². The third-order valence-corrected chi connectivity index (χ3v) is 6.24. The van der Waals surface area contributed by atoms with Crippen molar-refractivity contribution < 1.29 is 29.0 Å². The first-order valence-corrected chi connectivity index (χ1v) is 11.4. The number of hydrogen-bond acceptors (Lipinski definition) is 5. The molecule has 3 unspecified atom stereocenters. The summed E-state index contributed by atoms with van der Waals surface area (Å²) in [4.78, 5) is 36.2. The first-order valence-electron chi connectivity index (χ1n) is 11.4. The standard InChI is InChI=1S/C26H28N2O6/c1-2-7-22(24(29)27-14-16-12-13-23(34-16)25(30)31)28-26(32)33-15-21-19-10-5-3-8-17(19)18-9-4-6-11-20(18)21/h2-6,8-11,16,21-23H,1,7,12-15H2,(H,27,29)(H,28,32)(H,30,31). The fourth-order valence-corrected chi connectivity index (χ4v) is 4.56. The lowest BCUT2D eigenvalue weighted by Crippen LogP contribution is -2.48. The minimum Gasteiger partial charge on any atom is -0.479 e. The van der Waals surface area contributed by atoms with E-state index in [1.807, 2.05) is 36.4 Å². The lowest BCUT2D eigenvalue weighted by atomic mass is 9.98. The van der Waals surface area contributed by atoms with Crippen molar-refractivity contribution in [3.05, 3.63) is 72.3 Å². The topological polar surface area (TPSA) is 114 Å². The Morgan fingerprint density at radius 2 is 1.74 bits per heavy atom. The van der Waals surface area contributed by atoms with Crippen LogP contribution in [0.4, 0.5) is 4.79 Å². The van der Waals surface area contributed by atoms with Crippen molar-refractivity contribution in [2.75, 3.05) is 13.2 Å². The molecule has 8 heteroatoms. The summed E-state index contributed by atoms with van der Waals surface area (Å²) in [5.74, 6) is -1.49. The molecule has 1 aliphatic heterocycles. The van der Waals surface area contributed by atoms with E-state index in [1.54, 1.807) is 6.08 Å². The fourth-order valence-electron chi connectivity index (χ4n) is 4.56. The van der Waals surface area contributed by atoms with Gasteiger partial charge in [-0.2, -0.15) is 0 Å². The van der Waals surface area contributed by atoms with E-state index in [-0.39, 0.29) is 31.6 Å². The van der Waals surface area contributed by atoms with Gasteiger partial charge in [-0.3, -0.25) is 4.79 Å². The van der Waals surface area contributed by atoms with Crippen LogP contribution in [0.3, 0.4) is 0 Å². The van der Waals surface area contributed by atoms with Crippen LogP contribution in [0.2, 0.25) is 0 Å². The van der Waals surface area contributed by atoms with Gasteiger partial charge in [-0.25, -0.2) is 9.59 Å². The van der Waals surface area contributed by atoms with Crippen LogP contribution in [0.5, 0.6) is 0 Å². The van der Waals surface area contributed by atoms with Gasteiger partial charge in [0.1, 0.15) is 12.6 Å². The van der Waals surface area contributed by atoms with Gasteiger partial charge in [-0.15, -0.1) is 6.58 Å². The second kappa shape index (κ2) is 10.5. The van der Waals surface area contributed by atoms with E-state index in [9.17, 15) is 14.4 Å². The monoisotopic (exact) mass is 464 g/mol. The molecule has 34 heavy (non-hydrogen) atoms. The number of carboxylic acids is 1. The highest BCUT2D eigenvalue weighted by atomic mass is 16.5. The zero-order chi connectivity index (χ0) is 24.1. The molecule has 2 amide bonds. The Labute approximate surface area is 198 Å². The second-order valence-electron chi connectivity index (χ2n) is 8.45. The Morgan fingerprint density at radius 1 is 1.09 bits per heavy atom. The largest absolute Gasteiger partial charge is 0.479 e. The van der Waals surface area contributed by atoms with Crippen LogP contribution in [-0.2, 0) is 19.1 Å². The molecule has 2 aromatic rings. The predicted octanol–water partition coefficient (Wildman–Crippen LogP) is 3.22. The fraction of sp³-hybridized carbons (Fsp3) is 0.346. The van der Waals surface area contributed by atoms with Gasteiger partial charge < -0.3 is 25.2 Å². The second-order valence-corrected chi connectivity index (χ2v) is 8.45. The third kappa shape index (κ3) is 5.12. The van der Waals surface area contributed by atoms with E-state index in [0.717, 1.165) is 22.3 Å². The van der Waals surface area contributed by atoms with Crippen molar-refractivity contribution in [3.63, 3.8) is 0 Å². The number of rotatable bonds is 9. The Hall–Kier alpha value is -3.65. The summed E-state index contributed by atoms with van der Waals surface area (Å²) in [7, 11) is 0. The van der Waals surface area contributed by atoms with Crippen molar-refractivity contribution in [1.82, 2.24) is 10.6 Å². The zero-order valence-corrected chi connectivity index (χ0v) is 18.7. The maximum atomic E-state index is 12.6. The van der Waals surface area contributed by atoms with Gasteiger partial charge in [-0.1, -0.05) is 54.6 Å². The highest BCUT2D eigenvalue weighted by molar-refractivity contribution is 5.86. The maximum absolute atomic E-state index is 12.6. The molecule has 0 saturated carbocycles. The molecule has 8 nitrogen and oxygen atoms in total. The van der Waals surface area contributed by atoms with E-state index in [0.29, 0.717) is 12.8 Å². The van der Waals surface area contributed by atoms with Crippen molar-refractivity contribution in [2.24, 2.45) is 0 Å². The first kappa shape index (κ1) is 23.5. The summed E-state index contributed by atoms with van der Waals surface area (Å²) in [6.45, 7) is 3.97. The molecule has 0 bridgehead atoms. The van der Waals surface area contributed by atoms with Crippen molar-refractivity contribution in [2.45, 2.75) is 43.4 Å². The van der Waals surface area contributed by atoms with Gasteiger partial charge in [-0.05, 0) is 41.5 Å². The average Bonchev–Trinajstić information content (AvgIpc) is 3.44. The average molecular weight is 465 g/mol. The van der Waals surface area contributed by atoms with Crippen LogP contribution in [0.25, 0.3) is 11.1 Å². The SMILES string of the molecule is C=CCC(NC(=O)OCC1c2ccccc2-c2ccccc21)C(=O)NCC1CCC(C(=O)O)O1. The number of alkyl carbamates (subject to hydrolysis) is 1. The van der Waals surface area contributed by atoms with E-state index in [4.69, 9.17) is 14.6 Å². The molecule has 3 atom stereocenters. The van der Waals surface area contributed by atoms with E-state index >= 15 is 0 Å². The van der Waals surface area contributed by atoms with Crippen molar-refractivity contribution >= 4 is 18.0 Å². The number of fused-ring (bicyclic) bond motifs is 3. The van der Waals surface area contributed by atoms with Crippen LogP contribution < -0.4 is 10.6 Å². The number of ether oxygens (including phenoxy) is 2. The van der Waals surface area contributed by atoms with Crippen LogP contribution in [-0.4, -0.2) is 54.5 Å². The predicted molar refractivity (Wildman–Crippen MR) is 125 cm³/mol. The number of carbonyl (C=O) groups is 3. The minimum atomic E-state index is -1.00. The van der Waals surface area contributed by atoms with Gasteiger partial charge in [0.15, 0.2) is 6.10 Å². The summed E-state index contributed by atoms with van der Waals surface area (Å²) in [6, 6.07) is 15.3. The highest BCUT2D eigenvalue weighted by Gasteiger charge is 2.32. The Kier molecular flexibility index (Phi) is 7.27. The van der Waals surface area contributed by atoms with Gasteiger partial charge in [0, 0.05) is 12.5 Å². The number of hydrogen-bond donors (Lipinski definition) is 3. The van der Waals surface area contributed by atoms with E-state index in [2.05, 4.69) is 29.3 Å². The number of benzene rings is 2. The number of carbonyl (C=O) groups excluding carboxylic acids is 2. The van der Waals surface area contributed by atoms with Gasteiger partial charge >= 0.3 is 12.1 Å². The quantitative estimate of drug-likeness (QED) is 0.491. The van der Waals surface area contributed by atoms with Gasteiger partial charge in [0.25, 0.3) is 0 Å². The number of aliphatic carboxylic acids is 1. The normalized spacial score (nSPS) is 19.5. The molecule has 1 fully saturated rings. The van der Waals surface area contributed by atoms with Crippen LogP contribution in [0.15, 0.2) is 61.2 Å². The molecular formula is C26H28N2O6. The summed E-state index contributed by atoms with van der Waals surface area (Å²) >= 11 is 0. The molecule has 178 valence electrons. The highest BCUT2D eigenvalue weighted by Crippen LogP contribution is 2.44. The van der Waals surface area contributed by atoms with Crippen molar-refractivity contribution in [3.8, 4) is 11.1 Å². The molecule has 1 saturated heterocycles. The third-order valence-electron chi connectivity index (χ3n) is 6.24. The molecule has 1 aliphatic carbocycles. The number of amides is 2. The summed E-state index contributed by atoms with van der Waals surface area (Å²) in [5.41, 5.74) is 4.48. The van der Waals surface area contributed by atoms with Crippen LogP contribution >= 0.6 is 0 Å². The molecule has 4 rings (SSSR count). The summed E-state index contributed by atoms with van der Waals surface area (Å²) in [5, 5.41) is 14.4. The summed E-state index contributed by atoms with van der Waals surface area (Å²) in [6.07, 6.45) is 0.813. The van der Waals surface area contributed by atoms with Crippen molar-refractivity contribution in [1.29, 1.82) is 0 Å². The van der Waals surface area contributed by atoms with E-state index < -0.39 is 30.1 Å². The summed E-state index contributed by atoms with van der Waals surface area (Å²) < 4.78 is 10.9. The minimum absolute atomic E-state index is 0.0773. The number of carboxylic acid groups (broad SMARTS) is 1. The Bertz CT molecular complexity index is 1040. The number of nitrogens with one attached hydrogen (secondary N) is 2. The lowest BCUT2D eigenvalue weighted by molar-refractivity contribution is -0.149. The van der Waals surface area contributed by atoms with Gasteiger partial charge in [0.05, 0.1) is 6.10 Å². The van der Waals surface area contributed by atoms with Crippen LogP contribution in [0.1, 0.15) is 36.3 Å². The maximum Gasteiger partial charge on any atom is 0.407 e. The molecule has 3 N–H and O–H groups in total. The smallest absolute Gasteiger partial charge is 0.407 e. The van der Waals surface area contributed by atoms with E-state index in [1.165, 1.54) is 0 Å². The molecule has 1 heterocycles. The molecule has 2 aromatic carbocycles.